The predicted molar refractivity (Wildman–Crippen MR) is 76.8 cm³/mol. The summed E-state index contributed by atoms with van der Waals surface area (Å²) >= 11 is 0. The minimum absolute atomic E-state index is 0.0591. The van der Waals surface area contributed by atoms with E-state index in [2.05, 4.69) is 20.9 Å². The third-order valence-corrected chi connectivity index (χ3v) is 3.10. The molecule has 0 aliphatic carbocycles. The summed E-state index contributed by atoms with van der Waals surface area (Å²) in [7, 11) is 0. The van der Waals surface area contributed by atoms with E-state index in [-0.39, 0.29) is 24.3 Å². The zero-order valence-corrected chi connectivity index (χ0v) is 11.8. The van der Waals surface area contributed by atoms with Crippen LogP contribution in [-0.4, -0.2) is 56.2 Å². The first-order valence-corrected chi connectivity index (χ1v) is 7.00. The van der Waals surface area contributed by atoms with Gasteiger partial charge in [0.1, 0.15) is 5.69 Å². The Labute approximate surface area is 123 Å². The number of carbonyl (C=O) groups is 2. The van der Waals surface area contributed by atoms with Crippen molar-refractivity contribution in [3.63, 3.8) is 0 Å². The summed E-state index contributed by atoms with van der Waals surface area (Å²) in [6.07, 6.45) is 1.54. The van der Waals surface area contributed by atoms with Gasteiger partial charge in [0, 0.05) is 31.7 Å². The molecule has 1 saturated heterocycles. The van der Waals surface area contributed by atoms with Gasteiger partial charge in [0.05, 0.1) is 19.8 Å². The van der Waals surface area contributed by atoms with Gasteiger partial charge in [-0.1, -0.05) is 6.07 Å². The Kier molecular flexibility index (Phi) is 6.11. The Bertz CT molecular complexity index is 459. The summed E-state index contributed by atoms with van der Waals surface area (Å²) in [5, 5.41) is 8.57. The van der Waals surface area contributed by atoms with Crippen LogP contribution in [0.15, 0.2) is 24.4 Å². The lowest BCUT2D eigenvalue weighted by molar-refractivity contribution is -0.120. The number of nitrogens with one attached hydrogen (secondary N) is 3. The molecule has 2 heterocycles. The van der Waals surface area contributed by atoms with Crippen molar-refractivity contribution in [1.82, 2.24) is 20.9 Å². The Morgan fingerprint density at radius 3 is 3.10 bits per heavy atom. The number of carbonyl (C=O) groups excluding carboxylic acids is 2. The maximum Gasteiger partial charge on any atom is 0.270 e. The van der Waals surface area contributed by atoms with Gasteiger partial charge in [-0.3, -0.25) is 14.6 Å². The average molecular weight is 292 g/mol. The van der Waals surface area contributed by atoms with Crippen LogP contribution < -0.4 is 16.0 Å². The summed E-state index contributed by atoms with van der Waals surface area (Å²) in [5.41, 5.74) is 0.298. The van der Waals surface area contributed by atoms with E-state index in [1.54, 1.807) is 18.2 Å². The molecule has 1 unspecified atom stereocenters. The first-order chi connectivity index (χ1) is 10.3. The molecule has 1 fully saturated rings. The molecule has 1 aromatic rings. The third-order valence-electron chi connectivity index (χ3n) is 3.10. The fraction of sp³-hybridized carbons (Fsp3) is 0.500. The minimum atomic E-state index is -0.356. The van der Waals surface area contributed by atoms with E-state index < -0.39 is 0 Å². The maximum atomic E-state index is 11.7. The normalized spacial score (nSPS) is 18.6. The van der Waals surface area contributed by atoms with Gasteiger partial charge in [0.25, 0.3) is 5.91 Å². The number of amides is 2. The lowest BCUT2D eigenvalue weighted by Gasteiger charge is -2.14. The van der Waals surface area contributed by atoms with Gasteiger partial charge < -0.3 is 20.7 Å². The molecule has 1 atom stereocenters. The largest absolute Gasteiger partial charge is 0.380 e. The summed E-state index contributed by atoms with van der Waals surface area (Å²) < 4.78 is 5.40. The molecule has 2 amide bonds. The Balaban J connectivity index is 1.66. The molecule has 0 aromatic carbocycles. The molecule has 0 saturated carbocycles. The second-order valence-corrected chi connectivity index (χ2v) is 4.85. The molecule has 7 nitrogen and oxygen atoms in total. The zero-order valence-electron chi connectivity index (χ0n) is 11.8. The first kappa shape index (κ1) is 15.4. The van der Waals surface area contributed by atoms with Crippen molar-refractivity contribution in [1.29, 1.82) is 0 Å². The van der Waals surface area contributed by atoms with Crippen LogP contribution in [0, 0.1) is 5.92 Å². The van der Waals surface area contributed by atoms with Gasteiger partial charge in [-0.05, 0) is 12.1 Å². The number of pyridine rings is 1. The van der Waals surface area contributed by atoms with Crippen LogP contribution in [0.25, 0.3) is 0 Å². The van der Waals surface area contributed by atoms with Crippen molar-refractivity contribution in [3.8, 4) is 0 Å². The summed E-state index contributed by atoms with van der Waals surface area (Å²) in [5.74, 6) is -0.323. The number of rotatable bonds is 5. The third kappa shape index (κ3) is 5.49. The van der Waals surface area contributed by atoms with Crippen LogP contribution in [0.4, 0.5) is 0 Å². The molecule has 2 rings (SSSR count). The van der Waals surface area contributed by atoms with Crippen LogP contribution >= 0.6 is 0 Å². The van der Waals surface area contributed by atoms with Crippen LogP contribution in [0.2, 0.25) is 0 Å². The molecule has 0 radical (unpaired) electrons. The number of hydrogen-bond acceptors (Lipinski definition) is 5. The fourth-order valence-corrected chi connectivity index (χ4v) is 1.96. The van der Waals surface area contributed by atoms with Crippen molar-refractivity contribution >= 4 is 11.8 Å². The molecular formula is C14H20N4O3. The molecule has 1 aliphatic rings. The topological polar surface area (TPSA) is 92.4 Å². The highest BCUT2D eigenvalue weighted by Gasteiger charge is 2.14. The standard InChI is InChI=1S/C14H20N4O3/c19-13(17-8-11-7-15-5-6-21-10-11)9-18-14(20)12-3-1-2-4-16-12/h1-4,11,15H,5-10H2,(H,17,19)(H,18,20). The van der Waals surface area contributed by atoms with E-state index >= 15 is 0 Å². The molecule has 3 N–H and O–H groups in total. The molecule has 21 heavy (non-hydrogen) atoms. The van der Waals surface area contributed by atoms with Crippen molar-refractivity contribution in [2.75, 3.05) is 39.4 Å². The molecule has 114 valence electrons. The lowest BCUT2D eigenvalue weighted by Crippen LogP contribution is -2.41. The molecule has 1 aliphatic heterocycles. The van der Waals surface area contributed by atoms with Gasteiger partial charge in [-0.25, -0.2) is 0 Å². The Morgan fingerprint density at radius 2 is 2.29 bits per heavy atom. The van der Waals surface area contributed by atoms with Gasteiger partial charge >= 0.3 is 0 Å². The van der Waals surface area contributed by atoms with Crippen LogP contribution in [0.1, 0.15) is 10.5 Å². The van der Waals surface area contributed by atoms with Crippen molar-refractivity contribution in [2.45, 2.75) is 0 Å². The quantitative estimate of drug-likeness (QED) is 0.658. The number of hydrogen-bond donors (Lipinski definition) is 3. The van der Waals surface area contributed by atoms with Gasteiger partial charge in [0.15, 0.2) is 0 Å². The predicted octanol–water partition coefficient (Wildman–Crippen LogP) is -0.836. The van der Waals surface area contributed by atoms with Gasteiger partial charge in [0.2, 0.25) is 5.91 Å². The number of nitrogens with zero attached hydrogens (tertiary/aromatic N) is 1. The van der Waals surface area contributed by atoms with E-state index in [0.29, 0.717) is 25.5 Å². The average Bonchev–Trinajstić information content (AvgIpc) is 2.80. The Hall–Kier alpha value is -1.99. The van der Waals surface area contributed by atoms with E-state index in [9.17, 15) is 9.59 Å². The highest BCUT2D eigenvalue weighted by molar-refractivity contribution is 5.94. The van der Waals surface area contributed by atoms with E-state index in [1.807, 2.05) is 0 Å². The first-order valence-electron chi connectivity index (χ1n) is 7.00. The molecule has 1 aromatic heterocycles. The second kappa shape index (κ2) is 8.33. The van der Waals surface area contributed by atoms with Crippen molar-refractivity contribution < 1.29 is 14.3 Å². The van der Waals surface area contributed by atoms with Crippen molar-refractivity contribution in [3.05, 3.63) is 30.1 Å². The summed E-state index contributed by atoms with van der Waals surface area (Å²) in [6.45, 7) is 3.46. The fourth-order valence-electron chi connectivity index (χ4n) is 1.96. The van der Waals surface area contributed by atoms with E-state index in [1.165, 1.54) is 6.20 Å². The minimum Gasteiger partial charge on any atom is -0.380 e. The number of aromatic nitrogens is 1. The van der Waals surface area contributed by atoms with E-state index in [4.69, 9.17) is 4.74 Å². The summed E-state index contributed by atoms with van der Waals surface area (Å²) in [6, 6.07) is 5.05. The van der Waals surface area contributed by atoms with Crippen LogP contribution in [0.3, 0.4) is 0 Å². The zero-order chi connectivity index (χ0) is 14.9. The molecule has 7 heteroatoms. The van der Waals surface area contributed by atoms with E-state index in [0.717, 1.165) is 13.1 Å². The molecule has 0 bridgehead atoms. The summed E-state index contributed by atoms with van der Waals surface area (Å²) in [4.78, 5) is 27.3. The molecule has 0 spiro atoms. The van der Waals surface area contributed by atoms with Gasteiger partial charge in [-0.15, -0.1) is 0 Å². The Morgan fingerprint density at radius 1 is 1.38 bits per heavy atom. The van der Waals surface area contributed by atoms with Gasteiger partial charge in [-0.2, -0.15) is 0 Å². The maximum absolute atomic E-state index is 11.7. The SMILES string of the molecule is O=C(CNC(=O)c1ccccn1)NCC1CNCCOC1. The van der Waals surface area contributed by atoms with Crippen LogP contribution in [0.5, 0.6) is 0 Å². The molecular weight excluding hydrogens is 272 g/mol. The highest BCUT2D eigenvalue weighted by atomic mass is 16.5. The highest BCUT2D eigenvalue weighted by Crippen LogP contribution is 1.98. The van der Waals surface area contributed by atoms with Crippen molar-refractivity contribution in [2.24, 2.45) is 5.92 Å². The second-order valence-electron chi connectivity index (χ2n) is 4.85. The lowest BCUT2D eigenvalue weighted by atomic mass is 10.1. The van der Waals surface area contributed by atoms with Crippen LogP contribution in [-0.2, 0) is 9.53 Å². The monoisotopic (exact) mass is 292 g/mol. The smallest absolute Gasteiger partial charge is 0.270 e. The number of ether oxygens (including phenoxy) is 1.